The van der Waals surface area contributed by atoms with Crippen LogP contribution in [0, 0.1) is 6.92 Å². The van der Waals surface area contributed by atoms with Gasteiger partial charge in [-0.1, -0.05) is 17.7 Å². The van der Waals surface area contributed by atoms with Crippen molar-refractivity contribution in [1.29, 1.82) is 0 Å². The van der Waals surface area contributed by atoms with Crippen molar-refractivity contribution >= 4 is 11.6 Å². The van der Waals surface area contributed by atoms with Crippen molar-refractivity contribution in [3.63, 3.8) is 0 Å². The van der Waals surface area contributed by atoms with E-state index in [4.69, 9.17) is 17.3 Å². The Hall–Kier alpha value is -1.46. The zero-order valence-corrected chi connectivity index (χ0v) is 10.4. The molecule has 0 saturated heterocycles. The number of hydrogen-bond donors (Lipinski definition) is 1. The molecule has 1 heterocycles. The van der Waals surface area contributed by atoms with Crippen LogP contribution in [0.4, 0.5) is 0 Å². The minimum absolute atomic E-state index is 0.626. The Kier molecular flexibility index (Phi) is 3.71. The highest BCUT2D eigenvalue weighted by Gasteiger charge is 2.11. The summed E-state index contributed by atoms with van der Waals surface area (Å²) >= 11 is 6.09. The van der Waals surface area contributed by atoms with Crippen LogP contribution in [0.5, 0.6) is 0 Å². The summed E-state index contributed by atoms with van der Waals surface area (Å²) in [4.78, 5) is 0. The molecule has 90 valence electrons. The maximum atomic E-state index is 6.09. The fourth-order valence-electron chi connectivity index (χ4n) is 1.63. The molecule has 17 heavy (non-hydrogen) atoms. The fourth-order valence-corrected chi connectivity index (χ4v) is 1.80. The maximum absolute atomic E-state index is 6.09. The lowest BCUT2D eigenvalue weighted by Crippen LogP contribution is -2.08. The van der Waals surface area contributed by atoms with Crippen molar-refractivity contribution in [1.82, 2.24) is 20.2 Å². The minimum Gasteiger partial charge on any atom is -0.330 e. The van der Waals surface area contributed by atoms with Gasteiger partial charge in [0.05, 0.1) is 5.69 Å². The van der Waals surface area contributed by atoms with Gasteiger partial charge in [0.2, 0.25) is 0 Å². The predicted molar refractivity (Wildman–Crippen MR) is 66.3 cm³/mol. The Morgan fingerprint density at radius 2 is 2.24 bits per heavy atom. The van der Waals surface area contributed by atoms with Gasteiger partial charge in [0, 0.05) is 11.4 Å². The van der Waals surface area contributed by atoms with Crippen LogP contribution in [-0.2, 0) is 6.42 Å². The molecule has 0 atom stereocenters. The van der Waals surface area contributed by atoms with Crippen LogP contribution in [-0.4, -0.2) is 26.8 Å². The van der Waals surface area contributed by atoms with Crippen molar-refractivity contribution in [3.8, 4) is 5.69 Å². The van der Waals surface area contributed by atoms with Crippen LogP contribution in [0.2, 0.25) is 5.02 Å². The van der Waals surface area contributed by atoms with E-state index in [1.165, 1.54) is 0 Å². The molecule has 2 aromatic rings. The minimum atomic E-state index is 0.626. The molecular weight excluding hydrogens is 238 g/mol. The monoisotopic (exact) mass is 251 g/mol. The van der Waals surface area contributed by atoms with Gasteiger partial charge in [-0.25, -0.2) is 0 Å². The Morgan fingerprint density at radius 3 is 3.00 bits per heavy atom. The number of hydrogen-bond acceptors (Lipinski definition) is 4. The smallest absolute Gasteiger partial charge is 0.156 e. The Labute approximate surface area is 105 Å². The first-order valence-corrected chi connectivity index (χ1v) is 5.84. The van der Waals surface area contributed by atoms with Gasteiger partial charge in [0.15, 0.2) is 5.82 Å². The lowest BCUT2D eigenvalue weighted by molar-refractivity contribution is 0.724. The van der Waals surface area contributed by atoms with Gasteiger partial charge >= 0.3 is 0 Å². The number of benzene rings is 1. The first-order chi connectivity index (χ1) is 8.24. The number of rotatable bonds is 4. The number of aryl methyl sites for hydroxylation is 1. The van der Waals surface area contributed by atoms with Gasteiger partial charge in [0.25, 0.3) is 0 Å². The van der Waals surface area contributed by atoms with Crippen LogP contribution >= 0.6 is 11.6 Å². The molecule has 0 aliphatic heterocycles. The van der Waals surface area contributed by atoms with E-state index in [1.807, 2.05) is 25.1 Å². The predicted octanol–water partition coefficient (Wildman–Crippen LogP) is 1.52. The number of tetrazole rings is 1. The number of aromatic nitrogens is 4. The Bertz CT molecular complexity index is 508. The zero-order chi connectivity index (χ0) is 12.3. The molecule has 0 saturated carbocycles. The van der Waals surface area contributed by atoms with Gasteiger partial charge in [-0.15, -0.1) is 5.10 Å². The average molecular weight is 252 g/mol. The molecule has 0 bridgehead atoms. The summed E-state index contributed by atoms with van der Waals surface area (Å²) in [5.41, 5.74) is 7.37. The molecule has 0 spiro atoms. The molecule has 1 aromatic heterocycles. The topological polar surface area (TPSA) is 69.6 Å². The highest BCUT2D eigenvalue weighted by atomic mass is 35.5. The third-order valence-electron chi connectivity index (χ3n) is 2.61. The van der Waals surface area contributed by atoms with Gasteiger partial charge in [0.1, 0.15) is 0 Å². The molecule has 6 heteroatoms. The third kappa shape index (κ3) is 2.45. The van der Waals surface area contributed by atoms with E-state index >= 15 is 0 Å². The van der Waals surface area contributed by atoms with Crippen LogP contribution in [0.1, 0.15) is 17.8 Å². The Balaban J connectivity index is 2.39. The standard InChI is InChI=1S/C11H14ClN5/c1-8-9(12)4-2-5-10(8)17-11(6-3-7-13)14-15-16-17/h2,4-5H,3,6-7,13H2,1H3. The first kappa shape index (κ1) is 12.0. The van der Waals surface area contributed by atoms with Crippen molar-refractivity contribution in [3.05, 3.63) is 34.6 Å². The highest BCUT2D eigenvalue weighted by Crippen LogP contribution is 2.22. The van der Waals surface area contributed by atoms with Crippen molar-refractivity contribution in [2.75, 3.05) is 6.54 Å². The number of nitrogens with zero attached hydrogens (tertiary/aromatic N) is 4. The summed E-state index contributed by atoms with van der Waals surface area (Å²) in [7, 11) is 0. The van der Waals surface area contributed by atoms with Crippen LogP contribution in [0.15, 0.2) is 18.2 Å². The van der Waals surface area contributed by atoms with Crippen LogP contribution in [0.3, 0.4) is 0 Å². The third-order valence-corrected chi connectivity index (χ3v) is 3.02. The van der Waals surface area contributed by atoms with Crippen LogP contribution < -0.4 is 5.73 Å². The second kappa shape index (κ2) is 5.25. The second-order valence-electron chi connectivity index (χ2n) is 3.78. The van der Waals surface area contributed by atoms with Gasteiger partial charge < -0.3 is 5.73 Å². The summed E-state index contributed by atoms with van der Waals surface area (Å²) in [5, 5.41) is 12.4. The van der Waals surface area contributed by atoms with E-state index < -0.39 is 0 Å². The fraction of sp³-hybridized carbons (Fsp3) is 0.364. The average Bonchev–Trinajstić information content (AvgIpc) is 2.78. The normalized spacial score (nSPS) is 10.8. The zero-order valence-electron chi connectivity index (χ0n) is 9.60. The van der Waals surface area contributed by atoms with E-state index in [0.717, 1.165) is 29.9 Å². The molecule has 5 nitrogen and oxygen atoms in total. The molecule has 0 fully saturated rings. The molecule has 2 rings (SSSR count). The van der Waals surface area contributed by atoms with Crippen molar-refractivity contribution in [2.45, 2.75) is 19.8 Å². The summed E-state index contributed by atoms with van der Waals surface area (Å²) in [6, 6.07) is 5.69. The largest absolute Gasteiger partial charge is 0.330 e. The number of halogens is 1. The highest BCUT2D eigenvalue weighted by molar-refractivity contribution is 6.31. The van der Waals surface area contributed by atoms with Gasteiger partial charge in [-0.3, -0.25) is 0 Å². The van der Waals surface area contributed by atoms with E-state index in [2.05, 4.69) is 15.5 Å². The molecule has 2 N–H and O–H groups in total. The molecule has 0 aliphatic rings. The Morgan fingerprint density at radius 1 is 1.41 bits per heavy atom. The molecule has 1 aromatic carbocycles. The maximum Gasteiger partial charge on any atom is 0.156 e. The molecule has 0 unspecified atom stereocenters. The van der Waals surface area contributed by atoms with E-state index in [1.54, 1.807) is 4.68 Å². The second-order valence-corrected chi connectivity index (χ2v) is 4.19. The summed E-state index contributed by atoms with van der Waals surface area (Å²) in [6.45, 7) is 2.58. The lowest BCUT2D eigenvalue weighted by atomic mass is 10.2. The van der Waals surface area contributed by atoms with Crippen molar-refractivity contribution in [2.24, 2.45) is 5.73 Å². The van der Waals surface area contributed by atoms with Gasteiger partial charge in [-0.05, 0) is 48.0 Å². The summed E-state index contributed by atoms with van der Waals surface area (Å²) in [6.07, 6.45) is 1.62. The van der Waals surface area contributed by atoms with Crippen LogP contribution in [0.25, 0.3) is 5.69 Å². The van der Waals surface area contributed by atoms with Crippen molar-refractivity contribution < 1.29 is 0 Å². The van der Waals surface area contributed by atoms with E-state index in [-0.39, 0.29) is 0 Å². The lowest BCUT2D eigenvalue weighted by Gasteiger charge is -2.08. The quantitative estimate of drug-likeness (QED) is 0.894. The summed E-state index contributed by atoms with van der Waals surface area (Å²) in [5.74, 6) is 0.806. The molecule has 0 radical (unpaired) electrons. The molecule has 0 amide bonds. The SMILES string of the molecule is Cc1c(Cl)cccc1-n1nnnc1CCCN. The summed E-state index contributed by atoms with van der Waals surface area (Å²) < 4.78 is 1.72. The van der Waals surface area contributed by atoms with E-state index in [0.29, 0.717) is 11.6 Å². The molecular formula is C11H14ClN5. The first-order valence-electron chi connectivity index (χ1n) is 5.47. The van der Waals surface area contributed by atoms with E-state index in [9.17, 15) is 0 Å². The van der Waals surface area contributed by atoms with Gasteiger partial charge in [-0.2, -0.15) is 4.68 Å². The molecule has 0 aliphatic carbocycles. The number of nitrogens with two attached hydrogens (primary N) is 1.